The van der Waals surface area contributed by atoms with Gasteiger partial charge in [0.2, 0.25) is 0 Å². The van der Waals surface area contributed by atoms with Gasteiger partial charge in [0.15, 0.2) is 11.6 Å². The van der Waals surface area contributed by atoms with Gasteiger partial charge in [0.1, 0.15) is 11.8 Å². The third kappa shape index (κ3) is 2.99. The largest absolute Gasteiger partial charge is 0.513 e. The van der Waals surface area contributed by atoms with Crippen LogP contribution in [0.5, 0.6) is 5.75 Å². The molecule has 3 rings (SSSR count). The van der Waals surface area contributed by atoms with E-state index < -0.39 is 6.16 Å². The Labute approximate surface area is 137 Å². The summed E-state index contributed by atoms with van der Waals surface area (Å²) in [7, 11) is 1.24. The maximum absolute atomic E-state index is 11.3. The number of fused-ring (bicyclic) bond motifs is 1. The van der Waals surface area contributed by atoms with Crippen molar-refractivity contribution in [3.05, 3.63) is 47.9 Å². The second kappa shape index (κ2) is 6.55. The van der Waals surface area contributed by atoms with Crippen molar-refractivity contribution in [2.24, 2.45) is 0 Å². The van der Waals surface area contributed by atoms with Crippen LogP contribution in [0.3, 0.4) is 0 Å². The Kier molecular flexibility index (Phi) is 4.30. The molecule has 0 aliphatic heterocycles. The molecule has 0 amide bonds. The molecule has 0 saturated carbocycles. The van der Waals surface area contributed by atoms with Crippen LogP contribution in [0.1, 0.15) is 11.1 Å². The summed E-state index contributed by atoms with van der Waals surface area (Å²) in [5, 5.41) is 16.6. The third-order valence-corrected chi connectivity index (χ3v) is 3.51. The standard InChI is InChI=1S/C16H16N4O4/c1-10-13(24-16(22)23-2)7-20-14(10)15(17-9-18-20)19-12-5-3-4-11(6-12)8-21/h3-7,9,21H,8H2,1-2H3,(H,17,18,19). The van der Waals surface area contributed by atoms with Crippen LogP contribution in [0, 0.1) is 6.92 Å². The van der Waals surface area contributed by atoms with Gasteiger partial charge in [-0.25, -0.2) is 14.3 Å². The van der Waals surface area contributed by atoms with E-state index in [0.717, 1.165) is 11.3 Å². The fourth-order valence-corrected chi connectivity index (χ4v) is 2.35. The molecule has 3 aromatic rings. The van der Waals surface area contributed by atoms with E-state index in [1.165, 1.54) is 13.4 Å². The molecule has 0 aliphatic rings. The molecule has 124 valence electrons. The lowest BCUT2D eigenvalue weighted by Crippen LogP contribution is -2.07. The number of rotatable bonds is 4. The molecule has 8 nitrogen and oxygen atoms in total. The minimum Gasteiger partial charge on any atom is -0.437 e. The molecule has 0 fully saturated rings. The summed E-state index contributed by atoms with van der Waals surface area (Å²) in [6.45, 7) is 1.75. The van der Waals surface area contributed by atoms with Crippen LogP contribution in [0.4, 0.5) is 16.3 Å². The average Bonchev–Trinajstić information content (AvgIpc) is 2.92. The van der Waals surface area contributed by atoms with Gasteiger partial charge < -0.3 is 19.9 Å². The van der Waals surface area contributed by atoms with E-state index in [1.54, 1.807) is 17.6 Å². The molecule has 0 bridgehead atoms. The first-order valence-electron chi connectivity index (χ1n) is 7.18. The molecule has 0 radical (unpaired) electrons. The van der Waals surface area contributed by atoms with E-state index in [-0.39, 0.29) is 6.61 Å². The molecule has 8 heteroatoms. The minimum atomic E-state index is -0.799. The number of hydrogen-bond acceptors (Lipinski definition) is 7. The van der Waals surface area contributed by atoms with Gasteiger partial charge in [-0.2, -0.15) is 5.10 Å². The maximum atomic E-state index is 11.3. The number of carbonyl (C=O) groups is 1. The highest BCUT2D eigenvalue weighted by Gasteiger charge is 2.16. The lowest BCUT2D eigenvalue weighted by Gasteiger charge is -2.08. The number of carbonyl (C=O) groups excluding carboxylic acids is 1. The molecular formula is C16H16N4O4. The van der Waals surface area contributed by atoms with Crippen molar-refractivity contribution in [2.45, 2.75) is 13.5 Å². The number of nitrogens with zero attached hydrogens (tertiary/aromatic N) is 3. The number of benzene rings is 1. The fourth-order valence-electron chi connectivity index (χ4n) is 2.35. The monoisotopic (exact) mass is 328 g/mol. The maximum Gasteiger partial charge on any atom is 0.513 e. The molecule has 24 heavy (non-hydrogen) atoms. The Morgan fingerprint density at radius 3 is 3.00 bits per heavy atom. The molecule has 2 aromatic heterocycles. The number of aliphatic hydroxyl groups is 1. The van der Waals surface area contributed by atoms with Gasteiger partial charge in [0.25, 0.3) is 0 Å². The molecule has 0 atom stereocenters. The SMILES string of the molecule is COC(=O)Oc1cn2ncnc(Nc3cccc(CO)c3)c2c1C. The highest BCUT2D eigenvalue weighted by molar-refractivity contribution is 5.79. The van der Waals surface area contributed by atoms with Gasteiger partial charge in [-0.05, 0) is 24.6 Å². The van der Waals surface area contributed by atoms with Crippen LogP contribution in [0.2, 0.25) is 0 Å². The quantitative estimate of drug-likeness (QED) is 0.710. The predicted molar refractivity (Wildman–Crippen MR) is 86.4 cm³/mol. The Morgan fingerprint density at radius 1 is 1.42 bits per heavy atom. The Hall–Kier alpha value is -3.13. The number of hydrogen-bond donors (Lipinski definition) is 2. The number of anilines is 2. The molecule has 1 aromatic carbocycles. The zero-order chi connectivity index (χ0) is 17.1. The summed E-state index contributed by atoms with van der Waals surface area (Å²) in [6, 6.07) is 7.35. The fraction of sp³-hybridized carbons (Fsp3) is 0.188. The van der Waals surface area contributed by atoms with Gasteiger partial charge in [0.05, 0.1) is 19.9 Å². The van der Waals surface area contributed by atoms with Crippen LogP contribution in [-0.4, -0.2) is 33.0 Å². The second-order valence-corrected chi connectivity index (χ2v) is 5.06. The summed E-state index contributed by atoms with van der Waals surface area (Å²) in [4.78, 5) is 15.6. The first-order chi connectivity index (χ1) is 11.6. The molecule has 2 heterocycles. The number of aromatic nitrogens is 3. The van der Waals surface area contributed by atoms with E-state index in [4.69, 9.17) is 4.74 Å². The van der Waals surface area contributed by atoms with Crippen LogP contribution < -0.4 is 10.1 Å². The van der Waals surface area contributed by atoms with Gasteiger partial charge in [-0.15, -0.1) is 0 Å². The zero-order valence-electron chi connectivity index (χ0n) is 13.2. The van der Waals surface area contributed by atoms with Crippen LogP contribution in [0.25, 0.3) is 5.52 Å². The number of aryl methyl sites for hydroxylation is 1. The number of aliphatic hydroxyl groups excluding tert-OH is 1. The summed E-state index contributed by atoms with van der Waals surface area (Å²) < 4.78 is 11.2. The predicted octanol–water partition coefficient (Wildman–Crippen LogP) is 2.42. The van der Waals surface area contributed by atoms with Crippen molar-refractivity contribution in [2.75, 3.05) is 12.4 Å². The van der Waals surface area contributed by atoms with Crippen molar-refractivity contribution in [1.82, 2.24) is 14.6 Å². The Balaban J connectivity index is 2.00. The molecule has 0 saturated heterocycles. The number of methoxy groups -OCH3 is 1. The van der Waals surface area contributed by atoms with Crippen molar-refractivity contribution in [1.29, 1.82) is 0 Å². The van der Waals surface area contributed by atoms with Crippen LogP contribution in [-0.2, 0) is 11.3 Å². The van der Waals surface area contributed by atoms with Crippen molar-refractivity contribution in [3.8, 4) is 5.75 Å². The van der Waals surface area contributed by atoms with E-state index in [1.807, 2.05) is 24.3 Å². The normalized spacial score (nSPS) is 10.6. The van der Waals surface area contributed by atoms with Gasteiger partial charge >= 0.3 is 6.16 Å². The van der Waals surface area contributed by atoms with Gasteiger partial charge in [-0.1, -0.05) is 12.1 Å². The second-order valence-electron chi connectivity index (χ2n) is 5.06. The third-order valence-electron chi connectivity index (χ3n) is 3.51. The number of ether oxygens (including phenoxy) is 2. The summed E-state index contributed by atoms with van der Waals surface area (Å²) in [5.41, 5.74) is 2.93. The van der Waals surface area contributed by atoms with Crippen molar-refractivity contribution < 1.29 is 19.4 Å². The van der Waals surface area contributed by atoms with Crippen LogP contribution >= 0.6 is 0 Å². The Morgan fingerprint density at radius 2 is 2.25 bits per heavy atom. The van der Waals surface area contributed by atoms with Gasteiger partial charge in [-0.3, -0.25) is 0 Å². The van der Waals surface area contributed by atoms with Crippen LogP contribution in [0.15, 0.2) is 36.8 Å². The summed E-state index contributed by atoms with van der Waals surface area (Å²) >= 11 is 0. The van der Waals surface area contributed by atoms with E-state index in [9.17, 15) is 9.90 Å². The highest BCUT2D eigenvalue weighted by Crippen LogP contribution is 2.30. The zero-order valence-corrected chi connectivity index (χ0v) is 13.2. The van der Waals surface area contributed by atoms with Crippen molar-refractivity contribution in [3.63, 3.8) is 0 Å². The molecule has 0 spiro atoms. The smallest absolute Gasteiger partial charge is 0.437 e. The Bertz CT molecular complexity index is 891. The minimum absolute atomic E-state index is 0.0457. The lowest BCUT2D eigenvalue weighted by atomic mass is 10.2. The summed E-state index contributed by atoms with van der Waals surface area (Å²) in [6.07, 6.45) is 2.18. The first kappa shape index (κ1) is 15.8. The lowest BCUT2D eigenvalue weighted by molar-refractivity contribution is 0.121. The molecule has 2 N–H and O–H groups in total. The first-order valence-corrected chi connectivity index (χ1v) is 7.18. The van der Waals surface area contributed by atoms with E-state index in [2.05, 4.69) is 20.1 Å². The molecule has 0 aliphatic carbocycles. The van der Waals surface area contributed by atoms with Gasteiger partial charge in [0, 0.05) is 11.3 Å². The molecular weight excluding hydrogens is 312 g/mol. The topological polar surface area (TPSA) is 98.0 Å². The molecule has 0 unspecified atom stereocenters. The van der Waals surface area contributed by atoms with E-state index >= 15 is 0 Å². The highest BCUT2D eigenvalue weighted by atomic mass is 16.7. The summed E-state index contributed by atoms with van der Waals surface area (Å²) in [5.74, 6) is 0.895. The number of nitrogens with one attached hydrogen (secondary N) is 1. The van der Waals surface area contributed by atoms with E-state index in [0.29, 0.717) is 22.6 Å². The van der Waals surface area contributed by atoms with Crippen molar-refractivity contribution >= 4 is 23.2 Å². The average molecular weight is 328 g/mol.